The van der Waals surface area contributed by atoms with Crippen LogP contribution in [-0.4, -0.2) is 54.4 Å². The second-order valence-electron chi connectivity index (χ2n) is 6.14. The first-order valence-electron chi connectivity index (χ1n) is 7.95. The smallest absolute Gasteiger partial charge is 0.325 e. The summed E-state index contributed by atoms with van der Waals surface area (Å²) in [7, 11) is 0. The molecule has 142 valence electrons. The third-order valence-corrected chi connectivity index (χ3v) is 6.75. The van der Waals surface area contributed by atoms with Gasteiger partial charge in [-0.05, 0) is 23.3 Å². The number of aliphatic hydroxyl groups is 1. The van der Waals surface area contributed by atoms with E-state index in [9.17, 15) is 10.00 Å². The Morgan fingerprint density at radius 2 is 2.26 bits per heavy atom. The van der Waals surface area contributed by atoms with E-state index < -0.39 is 31.3 Å². The molecule has 5 heterocycles. The van der Waals surface area contributed by atoms with Gasteiger partial charge < -0.3 is 25.0 Å². The Bertz CT molecular complexity index is 1060. The molecule has 3 unspecified atom stereocenters. The molecule has 2 aliphatic rings. The van der Waals surface area contributed by atoms with Crippen molar-refractivity contribution in [2.75, 3.05) is 12.3 Å². The first kappa shape index (κ1) is 17.6. The number of nitrogens with two attached hydrogens (primary N) is 1. The van der Waals surface area contributed by atoms with Crippen LogP contribution in [0.15, 0.2) is 23.2 Å². The minimum Gasteiger partial charge on any atom is -0.386 e. The van der Waals surface area contributed by atoms with E-state index in [0.717, 1.165) is 5.56 Å². The predicted octanol–water partition coefficient (Wildman–Crippen LogP) is 1.03. The highest BCUT2D eigenvalue weighted by Gasteiger charge is 2.51. The highest BCUT2D eigenvalue weighted by molar-refractivity contribution is 8.07. The Hall–Kier alpha value is -1.50. The van der Waals surface area contributed by atoms with Crippen LogP contribution in [0.5, 0.6) is 0 Å². The molecule has 2 aliphatic heterocycles. The summed E-state index contributed by atoms with van der Waals surface area (Å²) in [5.41, 5.74) is 7.63. The van der Waals surface area contributed by atoms with Gasteiger partial charge in [0.25, 0.3) is 0 Å². The van der Waals surface area contributed by atoms with Crippen LogP contribution in [0.2, 0.25) is 0 Å². The molecule has 0 saturated carbocycles. The largest absolute Gasteiger partial charge is 0.386 e. The Morgan fingerprint density at radius 1 is 1.41 bits per heavy atom. The average molecular weight is 427 g/mol. The molecule has 3 aromatic rings. The second-order valence-corrected chi connectivity index (χ2v) is 9.71. The zero-order valence-corrected chi connectivity index (χ0v) is 16.1. The molecular weight excluding hydrogens is 413 g/mol. The Balaban J connectivity index is 1.66. The molecule has 0 aliphatic carbocycles. The quantitative estimate of drug-likeness (QED) is 0.508. The molecule has 5 atom stereocenters. The van der Waals surface area contributed by atoms with Gasteiger partial charge in [0.1, 0.15) is 30.5 Å². The van der Waals surface area contributed by atoms with E-state index in [1.807, 2.05) is 16.8 Å². The van der Waals surface area contributed by atoms with Crippen LogP contribution in [0.1, 0.15) is 6.23 Å². The summed E-state index contributed by atoms with van der Waals surface area (Å²) in [6.45, 7) is -3.36. The first-order chi connectivity index (χ1) is 12.9. The summed E-state index contributed by atoms with van der Waals surface area (Å²) < 4.78 is 18.2. The molecule has 3 aromatic heterocycles. The van der Waals surface area contributed by atoms with E-state index in [0.29, 0.717) is 17.0 Å². The lowest BCUT2D eigenvalue weighted by molar-refractivity contribution is -0.0587. The molecule has 0 radical (unpaired) electrons. The van der Waals surface area contributed by atoms with Gasteiger partial charge in [0.05, 0.1) is 6.61 Å². The lowest BCUT2D eigenvalue weighted by atomic mass is 10.1. The van der Waals surface area contributed by atoms with Crippen molar-refractivity contribution in [1.82, 2.24) is 19.5 Å². The van der Waals surface area contributed by atoms with E-state index >= 15 is 0 Å². The molecule has 2 fully saturated rings. The number of imidazole rings is 1. The van der Waals surface area contributed by atoms with Gasteiger partial charge in [-0.2, -0.15) is 11.3 Å². The third-order valence-electron chi connectivity index (χ3n) is 4.51. The Labute approximate surface area is 161 Å². The van der Waals surface area contributed by atoms with Crippen molar-refractivity contribution in [1.29, 1.82) is 0 Å². The van der Waals surface area contributed by atoms with E-state index in [-0.39, 0.29) is 12.4 Å². The molecule has 27 heavy (non-hydrogen) atoms. The summed E-state index contributed by atoms with van der Waals surface area (Å²) in [5, 5.41) is 14.7. The van der Waals surface area contributed by atoms with E-state index in [4.69, 9.17) is 31.3 Å². The van der Waals surface area contributed by atoms with Crippen LogP contribution in [0, 0.1) is 0 Å². The fourth-order valence-electron chi connectivity index (χ4n) is 3.31. The SMILES string of the molecule is Nc1ncnc2c1nc(-c1ccsc1)n2C1OC2COP(O)(=S)O[C@H]2[C@@H]1O. The van der Waals surface area contributed by atoms with Crippen molar-refractivity contribution in [2.24, 2.45) is 0 Å². The number of hydrogen-bond acceptors (Lipinski definition) is 10. The van der Waals surface area contributed by atoms with E-state index in [1.54, 1.807) is 4.57 Å². The lowest BCUT2D eigenvalue weighted by Gasteiger charge is -2.30. The summed E-state index contributed by atoms with van der Waals surface area (Å²) in [5.74, 6) is 0.760. The number of aromatic nitrogens is 4. The number of nitrogens with zero attached hydrogens (tertiary/aromatic N) is 4. The number of nitrogen functional groups attached to an aromatic ring is 1. The van der Waals surface area contributed by atoms with Crippen LogP contribution < -0.4 is 5.73 Å². The fraction of sp³-hybridized carbons (Fsp3) is 0.357. The number of aliphatic hydroxyl groups excluding tert-OH is 1. The maximum atomic E-state index is 10.9. The van der Waals surface area contributed by atoms with E-state index in [2.05, 4.69) is 15.0 Å². The van der Waals surface area contributed by atoms with Crippen LogP contribution in [0.3, 0.4) is 0 Å². The van der Waals surface area contributed by atoms with Crippen molar-refractivity contribution in [3.05, 3.63) is 23.2 Å². The van der Waals surface area contributed by atoms with Gasteiger partial charge in [0, 0.05) is 10.9 Å². The Kier molecular flexibility index (Phi) is 4.08. The summed E-state index contributed by atoms with van der Waals surface area (Å²) in [6, 6.07) is 1.90. The van der Waals surface area contributed by atoms with Crippen LogP contribution in [-0.2, 0) is 25.6 Å². The molecule has 13 heteroatoms. The predicted molar refractivity (Wildman–Crippen MR) is 100 cm³/mol. The van der Waals surface area contributed by atoms with Crippen LogP contribution >= 0.6 is 18.1 Å². The number of thiophene rings is 1. The first-order valence-corrected chi connectivity index (χ1v) is 11.5. The molecule has 10 nitrogen and oxygen atoms in total. The molecule has 5 rings (SSSR count). The summed E-state index contributed by atoms with van der Waals surface area (Å²) in [4.78, 5) is 22.8. The normalized spacial score (nSPS) is 33.4. The second kappa shape index (κ2) is 6.26. The maximum absolute atomic E-state index is 10.9. The topological polar surface area (TPSA) is 138 Å². The Morgan fingerprint density at radius 3 is 3.04 bits per heavy atom. The lowest BCUT2D eigenvalue weighted by Crippen LogP contribution is -2.39. The molecule has 4 N–H and O–H groups in total. The van der Waals surface area contributed by atoms with Crippen molar-refractivity contribution in [3.63, 3.8) is 0 Å². The monoisotopic (exact) mass is 427 g/mol. The average Bonchev–Trinajstić information content (AvgIpc) is 3.33. The molecule has 0 amide bonds. The van der Waals surface area contributed by atoms with Crippen molar-refractivity contribution < 1.29 is 23.8 Å². The van der Waals surface area contributed by atoms with Crippen molar-refractivity contribution >= 4 is 46.8 Å². The number of hydrogen-bond donors (Lipinski definition) is 3. The minimum absolute atomic E-state index is 0.0313. The number of rotatable bonds is 2. The van der Waals surface area contributed by atoms with Gasteiger partial charge in [-0.25, -0.2) is 15.0 Å². The molecule has 0 bridgehead atoms. The molecular formula is C14H14N5O5PS2. The summed E-state index contributed by atoms with van der Waals surface area (Å²) in [6.07, 6.45) is -2.05. The maximum Gasteiger partial charge on any atom is 0.325 e. The van der Waals surface area contributed by atoms with Crippen LogP contribution in [0.25, 0.3) is 22.6 Å². The van der Waals surface area contributed by atoms with Gasteiger partial charge in [0.2, 0.25) is 0 Å². The summed E-state index contributed by atoms with van der Waals surface area (Å²) >= 11 is 6.41. The highest BCUT2D eigenvalue weighted by atomic mass is 32.5. The highest BCUT2D eigenvalue weighted by Crippen LogP contribution is 2.53. The minimum atomic E-state index is -3.39. The zero-order valence-electron chi connectivity index (χ0n) is 13.6. The number of ether oxygens (including phenoxy) is 1. The van der Waals surface area contributed by atoms with E-state index in [1.165, 1.54) is 17.7 Å². The fourth-order valence-corrected chi connectivity index (χ4v) is 5.39. The molecule has 2 saturated heterocycles. The molecule has 0 spiro atoms. The third kappa shape index (κ3) is 2.80. The standard InChI is InChI=1S/C14H14N5O5PS2/c15-11-8-13(17-5-16-11)19(12(18-8)6-1-2-27-4-6)14-9(20)10-7(23-14)3-22-25(21,26)24-10/h1-2,4-5,7,9-10,14,20H,3H2,(H,21,26)(H2,15,16,17)/t7?,9-,10+,14?,25?/m0/s1. The van der Waals surface area contributed by atoms with Gasteiger partial charge >= 0.3 is 6.72 Å². The van der Waals surface area contributed by atoms with Crippen molar-refractivity contribution in [2.45, 2.75) is 24.5 Å². The molecule has 0 aromatic carbocycles. The number of fused-ring (bicyclic) bond motifs is 2. The zero-order chi connectivity index (χ0) is 18.8. The van der Waals surface area contributed by atoms with Gasteiger partial charge in [-0.1, -0.05) is 0 Å². The number of anilines is 1. The van der Waals surface area contributed by atoms with Crippen molar-refractivity contribution in [3.8, 4) is 11.4 Å². The van der Waals surface area contributed by atoms with Gasteiger partial charge in [0.15, 0.2) is 23.2 Å². The van der Waals surface area contributed by atoms with Gasteiger partial charge in [-0.3, -0.25) is 9.09 Å². The van der Waals surface area contributed by atoms with Crippen LogP contribution in [0.4, 0.5) is 5.82 Å². The van der Waals surface area contributed by atoms with Gasteiger partial charge in [-0.15, -0.1) is 0 Å².